The molecule has 0 radical (unpaired) electrons. The van der Waals surface area contributed by atoms with Crippen LogP contribution in [0.3, 0.4) is 0 Å². The maximum absolute atomic E-state index is 11.5. The number of aromatic nitrogens is 1. The van der Waals surface area contributed by atoms with Gasteiger partial charge in [-0.15, -0.1) is 0 Å². The third kappa shape index (κ3) is 2.84. The molecule has 0 unspecified atom stereocenters. The normalized spacial score (nSPS) is 10.7. The van der Waals surface area contributed by atoms with Gasteiger partial charge in [0.15, 0.2) is 0 Å². The van der Waals surface area contributed by atoms with Gasteiger partial charge in [-0.25, -0.2) is 4.98 Å². The van der Waals surface area contributed by atoms with Crippen molar-refractivity contribution in [3.63, 3.8) is 0 Å². The summed E-state index contributed by atoms with van der Waals surface area (Å²) in [6.45, 7) is 4.27. The van der Waals surface area contributed by atoms with Gasteiger partial charge in [-0.1, -0.05) is 24.3 Å². The molecule has 4 nitrogen and oxygen atoms in total. The fourth-order valence-electron chi connectivity index (χ4n) is 2.04. The van der Waals surface area contributed by atoms with E-state index in [4.69, 9.17) is 4.74 Å². The summed E-state index contributed by atoms with van der Waals surface area (Å²) in [4.78, 5) is 17.9. The molecule has 0 saturated heterocycles. The molecule has 0 bridgehead atoms. The lowest BCUT2D eigenvalue weighted by Crippen LogP contribution is -2.37. The third-order valence-electron chi connectivity index (χ3n) is 3.08. The number of nitrogens with zero attached hydrogens (tertiary/aromatic N) is 2. The van der Waals surface area contributed by atoms with E-state index in [0.717, 1.165) is 16.6 Å². The molecule has 0 aliphatic heterocycles. The molecule has 0 spiro atoms. The maximum atomic E-state index is 11.5. The van der Waals surface area contributed by atoms with E-state index >= 15 is 0 Å². The summed E-state index contributed by atoms with van der Waals surface area (Å²) in [5, 5.41) is 2.16. The first kappa shape index (κ1) is 13.3. The molecule has 0 aliphatic carbocycles. The summed E-state index contributed by atoms with van der Waals surface area (Å²) >= 11 is 0. The number of methoxy groups -OCH3 is 1. The van der Waals surface area contributed by atoms with Crippen molar-refractivity contribution < 1.29 is 9.53 Å². The molecular weight excluding hydrogens is 240 g/mol. The molecule has 0 amide bonds. The van der Waals surface area contributed by atoms with E-state index in [9.17, 15) is 4.79 Å². The zero-order chi connectivity index (χ0) is 13.8. The summed E-state index contributed by atoms with van der Waals surface area (Å²) in [5.41, 5.74) is 0. The van der Waals surface area contributed by atoms with Crippen molar-refractivity contribution in [1.29, 1.82) is 0 Å². The molecule has 1 heterocycles. The van der Waals surface area contributed by atoms with E-state index in [1.165, 1.54) is 7.11 Å². The number of fused-ring (bicyclic) bond motifs is 1. The molecule has 2 rings (SSSR count). The van der Waals surface area contributed by atoms with E-state index in [1.807, 2.05) is 49.1 Å². The van der Waals surface area contributed by atoms with Crippen LogP contribution in [0.25, 0.3) is 10.8 Å². The molecule has 19 heavy (non-hydrogen) atoms. The second-order valence-corrected chi connectivity index (χ2v) is 4.65. The molecule has 0 fully saturated rings. The molecule has 1 aromatic carbocycles. The van der Waals surface area contributed by atoms with Crippen LogP contribution in [0.5, 0.6) is 0 Å². The Morgan fingerprint density at radius 3 is 2.74 bits per heavy atom. The second kappa shape index (κ2) is 5.69. The molecule has 0 atom stereocenters. The minimum atomic E-state index is -0.261. The van der Waals surface area contributed by atoms with Crippen molar-refractivity contribution in [3.8, 4) is 0 Å². The Morgan fingerprint density at radius 1 is 1.32 bits per heavy atom. The zero-order valence-electron chi connectivity index (χ0n) is 11.5. The third-order valence-corrected chi connectivity index (χ3v) is 3.08. The van der Waals surface area contributed by atoms with Crippen molar-refractivity contribution in [2.75, 3.05) is 18.6 Å². The number of ether oxygens (including phenoxy) is 1. The first-order valence-electron chi connectivity index (χ1n) is 6.30. The highest BCUT2D eigenvalue weighted by molar-refractivity contribution is 5.93. The van der Waals surface area contributed by atoms with Gasteiger partial charge in [0.1, 0.15) is 12.4 Å². The summed E-state index contributed by atoms with van der Waals surface area (Å²) in [6.07, 6.45) is 1.77. The van der Waals surface area contributed by atoms with Gasteiger partial charge in [0.25, 0.3) is 0 Å². The van der Waals surface area contributed by atoms with Crippen molar-refractivity contribution >= 4 is 22.6 Å². The highest BCUT2D eigenvalue weighted by Crippen LogP contribution is 2.25. The monoisotopic (exact) mass is 258 g/mol. The standard InChI is InChI=1S/C15H18N2O2/c1-11(2)17(10-14(18)19-3)15-13-7-5-4-6-12(13)8-9-16-15/h4-9,11H,10H2,1-3H3. The van der Waals surface area contributed by atoms with Crippen LogP contribution in [0.4, 0.5) is 5.82 Å². The Morgan fingerprint density at radius 2 is 2.05 bits per heavy atom. The molecule has 4 heteroatoms. The minimum absolute atomic E-state index is 0.164. The predicted molar refractivity (Wildman–Crippen MR) is 76.2 cm³/mol. The van der Waals surface area contributed by atoms with E-state index < -0.39 is 0 Å². The largest absolute Gasteiger partial charge is 0.468 e. The minimum Gasteiger partial charge on any atom is -0.468 e. The van der Waals surface area contributed by atoms with E-state index in [1.54, 1.807) is 6.20 Å². The van der Waals surface area contributed by atoms with Crippen LogP contribution in [0.15, 0.2) is 36.5 Å². The van der Waals surface area contributed by atoms with Crippen molar-refractivity contribution in [1.82, 2.24) is 4.98 Å². The average molecular weight is 258 g/mol. The van der Waals surface area contributed by atoms with Gasteiger partial charge in [-0.3, -0.25) is 4.79 Å². The van der Waals surface area contributed by atoms with Gasteiger partial charge in [0.2, 0.25) is 0 Å². The van der Waals surface area contributed by atoms with E-state index in [2.05, 4.69) is 4.98 Å². The zero-order valence-corrected chi connectivity index (χ0v) is 11.5. The summed E-state index contributed by atoms with van der Waals surface area (Å²) in [7, 11) is 1.40. The van der Waals surface area contributed by atoms with Gasteiger partial charge < -0.3 is 9.64 Å². The van der Waals surface area contributed by atoms with Crippen molar-refractivity contribution in [2.24, 2.45) is 0 Å². The Hall–Kier alpha value is -2.10. The Bertz CT molecular complexity index is 576. The lowest BCUT2D eigenvalue weighted by atomic mass is 10.1. The van der Waals surface area contributed by atoms with Gasteiger partial charge in [-0.2, -0.15) is 0 Å². The lowest BCUT2D eigenvalue weighted by Gasteiger charge is -2.27. The topological polar surface area (TPSA) is 42.4 Å². The lowest BCUT2D eigenvalue weighted by molar-refractivity contribution is -0.139. The molecule has 1 aromatic heterocycles. The summed E-state index contributed by atoms with van der Waals surface area (Å²) in [5.74, 6) is 0.557. The highest BCUT2D eigenvalue weighted by Gasteiger charge is 2.18. The highest BCUT2D eigenvalue weighted by atomic mass is 16.5. The van der Waals surface area contributed by atoms with Crippen molar-refractivity contribution in [3.05, 3.63) is 36.5 Å². The Labute approximate surface area is 113 Å². The second-order valence-electron chi connectivity index (χ2n) is 4.65. The number of hydrogen-bond acceptors (Lipinski definition) is 4. The van der Waals surface area contributed by atoms with Crippen LogP contribution in [0.1, 0.15) is 13.8 Å². The fraction of sp³-hybridized carbons (Fsp3) is 0.333. The molecule has 2 aromatic rings. The number of benzene rings is 1. The van der Waals surface area contributed by atoms with Gasteiger partial charge in [0, 0.05) is 17.6 Å². The van der Waals surface area contributed by atoms with Crippen LogP contribution in [0.2, 0.25) is 0 Å². The number of rotatable bonds is 4. The number of carbonyl (C=O) groups is 1. The van der Waals surface area contributed by atoms with E-state index in [-0.39, 0.29) is 18.6 Å². The quantitative estimate of drug-likeness (QED) is 0.791. The summed E-state index contributed by atoms with van der Waals surface area (Å²) < 4.78 is 4.76. The van der Waals surface area contributed by atoms with Crippen LogP contribution < -0.4 is 4.90 Å². The maximum Gasteiger partial charge on any atom is 0.325 e. The number of esters is 1. The van der Waals surface area contributed by atoms with Gasteiger partial charge >= 0.3 is 5.97 Å². The number of hydrogen-bond donors (Lipinski definition) is 0. The molecule has 0 N–H and O–H groups in total. The van der Waals surface area contributed by atoms with Gasteiger partial charge in [0.05, 0.1) is 7.11 Å². The van der Waals surface area contributed by atoms with Crippen LogP contribution in [-0.4, -0.2) is 30.6 Å². The SMILES string of the molecule is COC(=O)CN(c1nccc2ccccc12)C(C)C. The van der Waals surface area contributed by atoms with Crippen LogP contribution in [0, 0.1) is 0 Å². The van der Waals surface area contributed by atoms with Gasteiger partial charge in [-0.05, 0) is 25.3 Å². The first-order chi connectivity index (χ1) is 9.13. The summed E-state index contributed by atoms with van der Waals surface area (Å²) in [6, 6.07) is 10.2. The Kier molecular flexibility index (Phi) is 4.00. The predicted octanol–water partition coefficient (Wildman–Crippen LogP) is 2.62. The van der Waals surface area contributed by atoms with Crippen LogP contribution in [-0.2, 0) is 9.53 Å². The Balaban J connectivity index is 2.47. The molecule has 0 saturated carbocycles. The number of anilines is 1. The average Bonchev–Trinajstić information content (AvgIpc) is 2.43. The van der Waals surface area contributed by atoms with E-state index in [0.29, 0.717) is 0 Å². The molecular formula is C15H18N2O2. The van der Waals surface area contributed by atoms with Crippen molar-refractivity contribution in [2.45, 2.75) is 19.9 Å². The molecule has 100 valence electrons. The molecule has 0 aliphatic rings. The fourth-order valence-corrected chi connectivity index (χ4v) is 2.04. The smallest absolute Gasteiger partial charge is 0.325 e. The number of pyridine rings is 1. The first-order valence-corrected chi connectivity index (χ1v) is 6.30. The number of carbonyl (C=O) groups excluding carboxylic acids is 1. The van der Waals surface area contributed by atoms with Crippen LogP contribution >= 0.6 is 0 Å².